The minimum absolute atomic E-state index is 0.0356. The number of nitrogens with zero attached hydrogens (tertiary/aromatic N) is 1. The molecule has 10 heteroatoms. The van der Waals surface area contributed by atoms with Crippen molar-refractivity contribution in [2.75, 3.05) is 13.7 Å². The van der Waals surface area contributed by atoms with Crippen molar-refractivity contribution in [2.24, 2.45) is 17.8 Å². The van der Waals surface area contributed by atoms with Crippen molar-refractivity contribution in [3.05, 3.63) is 57.1 Å². The number of phenols is 1. The number of carbonyl (C=O) groups excluding carboxylic acids is 4. The number of imide groups is 1. The number of fused-ring (bicyclic) bond motifs is 3. The first kappa shape index (κ1) is 27.1. The van der Waals surface area contributed by atoms with Crippen LogP contribution in [0.1, 0.15) is 50.0 Å². The summed E-state index contributed by atoms with van der Waals surface area (Å²) < 4.78 is 5.68. The number of carboxylic acid groups (broad SMARTS) is 1. The van der Waals surface area contributed by atoms with Gasteiger partial charge in [-0.25, -0.2) is 0 Å². The average Bonchev–Trinajstić information content (AvgIpc) is 3.15. The molecular formula is C29H28BrNO8. The van der Waals surface area contributed by atoms with Gasteiger partial charge in [-0.2, -0.15) is 0 Å². The number of benzene rings is 1. The zero-order chi connectivity index (χ0) is 28.0. The Bertz CT molecular complexity index is 1390. The molecule has 4 atom stereocenters. The minimum atomic E-state index is -0.883. The molecule has 2 amide bonds. The quantitative estimate of drug-likeness (QED) is 0.200. The summed E-state index contributed by atoms with van der Waals surface area (Å²) in [5.41, 5.74) is 1.62. The fraction of sp³-hybridized carbons (Fsp3) is 0.414. The summed E-state index contributed by atoms with van der Waals surface area (Å²) in [6.07, 6.45) is 5.14. The van der Waals surface area contributed by atoms with Crippen molar-refractivity contribution < 1.29 is 38.9 Å². The van der Waals surface area contributed by atoms with Crippen LogP contribution in [0.25, 0.3) is 0 Å². The number of rotatable bonds is 8. The van der Waals surface area contributed by atoms with Gasteiger partial charge in [-0.1, -0.05) is 24.1 Å². The van der Waals surface area contributed by atoms with E-state index >= 15 is 0 Å². The Balaban J connectivity index is 1.53. The van der Waals surface area contributed by atoms with Crippen LogP contribution in [0.15, 0.2) is 51.6 Å². The molecule has 1 aromatic rings. The number of aliphatic carboxylic acids is 1. The highest BCUT2D eigenvalue weighted by atomic mass is 79.9. The molecule has 0 bridgehead atoms. The van der Waals surface area contributed by atoms with Gasteiger partial charge in [-0.15, -0.1) is 0 Å². The number of ketones is 2. The van der Waals surface area contributed by atoms with E-state index in [1.807, 2.05) is 6.08 Å². The van der Waals surface area contributed by atoms with Crippen molar-refractivity contribution in [1.29, 1.82) is 0 Å². The number of hydrogen-bond acceptors (Lipinski definition) is 7. The predicted octanol–water partition coefficient (Wildman–Crippen LogP) is 3.81. The first-order chi connectivity index (χ1) is 18.6. The molecule has 39 heavy (non-hydrogen) atoms. The third-order valence-corrected chi connectivity index (χ3v) is 8.84. The average molecular weight is 598 g/mol. The number of Topliss-reactive ketones (excluding diaryl/α,β-unsaturated/α-hetero) is 1. The van der Waals surface area contributed by atoms with Crippen LogP contribution in [0.2, 0.25) is 0 Å². The molecule has 0 aromatic heterocycles. The van der Waals surface area contributed by atoms with Gasteiger partial charge in [0.25, 0.3) is 0 Å². The molecule has 0 saturated carbocycles. The lowest BCUT2D eigenvalue weighted by Crippen LogP contribution is -2.39. The van der Waals surface area contributed by atoms with E-state index in [9.17, 15) is 29.1 Å². The fourth-order valence-corrected chi connectivity index (χ4v) is 6.99. The smallest absolute Gasteiger partial charge is 0.303 e. The van der Waals surface area contributed by atoms with Crippen molar-refractivity contribution in [1.82, 2.24) is 4.90 Å². The van der Waals surface area contributed by atoms with Crippen LogP contribution in [0.5, 0.6) is 11.5 Å². The van der Waals surface area contributed by atoms with Gasteiger partial charge in [0.2, 0.25) is 11.8 Å². The van der Waals surface area contributed by atoms with Crippen LogP contribution < -0.4 is 4.74 Å². The Hall–Kier alpha value is -3.53. The van der Waals surface area contributed by atoms with Crippen molar-refractivity contribution in [3.8, 4) is 11.5 Å². The van der Waals surface area contributed by atoms with Crippen LogP contribution in [-0.4, -0.2) is 58.1 Å². The number of carbonyl (C=O) groups is 5. The van der Waals surface area contributed by atoms with Gasteiger partial charge in [0, 0.05) is 41.7 Å². The number of phenolic OH excluding ortho intramolecular Hbond substituents is 1. The molecule has 4 aliphatic rings. The van der Waals surface area contributed by atoms with E-state index in [2.05, 4.69) is 15.9 Å². The molecule has 2 N–H and O–H groups in total. The lowest BCUT2D eigenvalue weighted by atomic mass is 9.59. The largest absolute Gasteiger partial charge is 0.507 e. The number of carboxylic acids is 1. The zero-order valence-electron chi connectivity index (χ0n) is 21.3. The Kier molecular flexibility index (Phi) is 7.33. The Labute approximate surface area is 233 Å². The Morgan fingerprint density at radius 1 is 1.10 bits per heavy atom. The normalized spacial score (nSPS) is 26.2. The maximum absolute atomic E-state index is 13.7. The van der Waals surface area contributed by atoms with E-state index in [1.54, 1.807) is 12.1 Å². The van der Waals surface area contributed by atoms with E-state index in [0.717, 1.165) is 5.57 Å². The Morgan fingerprint density at radius 2 is 1.87 bits per heavy atom. The zero-order valence-corrected chi connectivity index (χ0v) is 22.9. The lowest BCUT2D eigenvalue weighted by molar-refractivity contribution is -0.141. The molecule has 204 valence electrons. The number of halogens is 1. The molecule has 0 spiro atoms. The number of likely N-dealkylation sites (tertiary alicyclic amines) is 1. The fourth-order valence-electron chi connectivity index (χ4n) is 6.55. The van der Waals surface area contributed by atoms with Gasteiger partial charge in [-0.3, -0.25) is 28.9 Å². The number of hydrogen-bond donors (Lipinski definition) is 2. The second kappa shape index (κ2) is 10.6. The number of ether oxygens (including phenoxy) is 1. The molecule has 9 nitrogen and oxygen atoms in total. The minimum Gasteiger partial charge on any atom is -0.507 e. The van der Waals surface area contributed by atoms with Crippen molar-refractivity contribution in [2.45, 2.75) is 44.4 Å². The predicted molar refractivity (Wildman–Crippen MR) is 142 cm³/mol. The molecule has 1 saturated heterocycles. The summed E-state index contributed by atoms with van der Waals surface area (Å²) in [5, 5.41) is 19.8. The lowest BCUT2D eigenvalue weighted by Gasteiger charge is -2.42. The first-order valence-corrected chi connectivity index (χ1v) is 13.8. The molecule has 3 aliphatic carbocycles. The van der Waals surface area contributed by atoms with Gasteiger partial charge in [0.1, 0.15) is 11.5 Å². The van der Waals surface area contributed by atoms with Gasteiger partial charge < -0.3 is 14.9 Å². The summed E-state index contributed by atoms with van der Waals surface area (Å²) in [5.74, 6) is -4.50. The number of methoxy groups -OCH3 is 1. The summed E-state index contributed by atoms with van der Waals surface area (Å²) in [4.78, 5) is 65.7. The van der Waals surface area contributed by atoms with Gasteiger partial charge in [-0.05, 0) is 59.7 Å². The van der Waals surface area contributed by atoms with Crippen LogP contribution >= 0.6 is 15.9 Å². The first-order valence-electron chi connectivity index (χ1n) is 13.0. The van der Waals surface area contributed by atoms with Gasteiger partial charge >= 0.3 is 5.97 Å². The second-order valence-corrected chi connectivity index (χ2v) is 11.2. The number of amides is 2. The highest BCUT2D eigenvalue weighted by molar-refractivity contribution is 9.12. The number of unbranched alkanes of at least 4 members (excludes halogenated alkanes) is 2. The highest BCUT2D eigenvalue weighted by Crippen LogP contribution is 2.57. The standard InChI is InChI=1S/C29H28BrNO8/c1-39-21-7-5-6-19(32)26(21)25-14-9-10-15-23(16(14)12-17-24(25)20(33)13-18(30)27(17)36)29(38)31(28(15)37)11-4-2-3-8-22(34)35/h5-7,9,13,15-16,23,25,32H,2-4,8,10-12H2,1H3,(H,34,35)/t15-,16+,23-,25-/m0/s1. The number of aromatic hydroxyl groups is 1. The van der Waals surface area contributed by atoms with Gasteiger partial charge in [0.05, 0.1) is 23.4 Å². The van der Waals surface area contributed by atoms with Crippen LogP contribution in [0.4, 0.5) is 0 Å². The molecule has 0 radical (unpaired) electrons. The third-order valence-electron chi connectivity index (χ3n) is 8.25. The van der Waals surface area contributed by atoms with Gasteiger partial charge in [0.15, 0.2) is 11.6 Å². The topological polar surface area (TPSA) is 138 Å². The third kappa shape index (κ3) is 4.54. The molecular weight excluding hydrogens is 570 g/mol. The molecule has 1 heterocycles. The monoisotopic (exact) mass is 597 g/mol. The van der Waals surface area contributed by atoms with E-state index in [0.29, 0.717) is 37.0 Å². The highest BCUT2D eigenvalue weighted by Gasteiger charge is 2.56. The maximum atomic E-state index is 13.7. The SMILES string of the molecule is COc1cccc(O)c1[C@H]1C2=CC[C@@H]3C(=O)N(CCCCCC(=O)O)C(=O)[C@@H]3[C@@H]2CC2=C1C(=O)C=C(Br)C2=O. The van der Waals surface area contributed by atoms with Crippen LogP contribution in [0, 0.1) is 17.8 Å². The van der Waals surface area contributed by atoms with Crippen LogP contribution in [-0.2, 0) is 24.0 Å². The molecule has 1 fully saturated rings. The maximum Gasteiger partial charge on any atom is 0.303 e. The van der Waals surface area contributed by atoms with Crippen molar-refractivity contribution >= 4 is 45.3 Å². The number of allylic oxidation sites excluding steroid dienone is 6. The summed E-state index contributed by atoms with van der Waals surface area (Å²) in [6.45, 7) is 0.211. The van der Waals surface area contributed by atoms with E-state index < -0.39 is 29.6 Å². The van der Waals surface area contributed by atoms with Crippen molar-refractivity contribution in [3.63, 3.8) is 0 Å². The summed E-state index contributed by atoms with van der Waals surface area (Å²) >= 11 is 3.20. The summed E-state index contributed by atoms with van der Waals surface area (Å²) in [7, 11) is 1.46. The Morgan fingerprint density at radius 3 is 2.59 bits per heavy atom. The molecule has 1 aromatic carbocycles. The molecule has 0 unspecified atom stereocenters. The van der Waals surface area contributed by atoms with Crippen LogP contribution in [0.3, 0.4) is 0 Å². The van der Waals surface area contributed by atoms with E-state index in [-0.39, 0.29) is 64.1 Å². The summed E-state index contributed by atoms with van der Waals surface area (Å²) in [6, 6.07) is 4.78. The molecule has 1 aliphatic heterocycles. The molecule has 5 rings (SSSR count). The second-order valence-electron chi connectivity index (χ2n) is 10.3. The van der Waals surface area contributed by atoms with E-state index in [4.69, 9.17) is 9.84 Å². The van der Waals surface area contributed by atoms with E-state index in [1.165, 1.54) is 24.2 Å².